The van der Waals surface area contributed by atoms with Gasteiger partial charge in [-0.25, -0.2) is 5.84 Å². The van der Waals surface area contributed by atoms with Crippen LogP contribution in [0.5, 0.6) is 0 Å². The minimum Gasteiger partial charge on any atom is -0.303 e. The Labute approximate surface area is 84.8 Å². The van der Waals surface area contributed by atoms with E-state index in [2.05, 4.69) is 16.4 Å². The Balaban J connectivity index is 3.58. The summed E-state index contributed by atoms with van der Waals surface area (Å²) < 4.78 is 0. The number of carbonyl (C=O) groups excluding carboxylic acids is 1. The molecule has 0 heterocycles. The summed E-state index contributed by atoms with van der Waals surface area (Å²) in [7, 11) is 1.95. The smallest absolute Gasteiger partial charge is 0.233 e. The maximum Gasteiger partial charge on any atom is 0.233 e. The Morgan fingerprint density at radius 2 is 2.36 bits per heavy atom. The van der Waals surface area contributed by atoms with Crippen LogP contribution >= 0.6 is 0 Å². The molecule has 0 bridgehead atoms. The van der Waals surface area contributed by atoms with Gasteiger partial charge >= 0.3 is 0 Å². The van der Waals surface area contributed by atoms with Crippen LogP contribution in [0, 0.1) is 11.3 Å². The molecule has 80 valence electrons. The Morgan fingerprint density at radius 1 is 1.71 bits per heavy atom. The van der Waals surface area contributed by atoms with E-state index in [1.54, 1.807) is 0 Å². The van der Waals surface area contributed by atoms with Crippen LogP contribution < -0.4 is 11.3 Å². The third-order valence-electron chi connectivity index (χ3n) is 2.21. The molecular formula is C9H18N4O. The van der Waals surface area contributed by atoms with Crippen LogP contribution in [0.4, 0.5) is 0 Å². The van der Waals surface area contributed by atoms with Crippen LogP contribution in [0.2, 0.25) is 0 Å². The van der Waals surface area contributed by atoms with Crippen molar-refractivity contribution in [2.45, 2.75) is 32.2 Å². The van der Waals surface area contributed by atoms with Gasteiger partial charge in [-0.2, -0.15) is 5.26 Å². The highest BCUT2D eigenvalue weighted by Crippen LogP contribution is 2.01. The number of hydrogen-bond acceptors (Lipinski definition) is 4. The summed E-state index contributed by atoms with van der Waals surface area (Å²) in [6.07, 6.45) is 1.70. The zero-order valence-electron chi connectivity index (χ0n) is 8.79. The highest BCUT2D eigenvalue weighted by molar-refractivity contribution is 5.75. The van der Waals surface area contributed by atoms with E-state index >= 15 is 0 Å². The van der Waals surface area contributed by atoms with Gasteiger partial charge in [0.15, 0.2) is 0 Å². The lowest BCUT2D eigenvalue weighted by Crippen LogP contribution is -2.33. The predicted octanol–water partition coefficient (Wildman–Crippen LogP) is -0.00952. The first-order valence-corrected chi connectivity index (χ1v) is 4.68. The van der Waals surface area contributed by atoms with Crippen LogP contribution in [-0.2, 0) is 4.79 Å². The molecule has 0 aromatic carbocycles. The van der Waals surface area contributed by atoms with Crippen molar-refractivity contribution in [1.29, 1.82) is 5.26 Å². The Kier molecular flexibility index (Phi) is 6.72. The first kappa shape index (κ1) is 12.9. The number of nitriles is 1. The first-order valence-electron chi connectivity index (χ1n) is 4.68. The summed E-state index contributed by atoms with van der Waals surface area (Å²) in [6, 6.07) is 2.35. The molecule has 0 aliphatic heterocycles. The maximum atomic E-state index is 10.8. The number of amides is 1. The van der Waals surface area contributed by atoms with Gasteiger partial charge in [0.25, 0.3) is 0 Å². The number of nitrogens with two attached hydrogens (primary N) is 1. The molecule has 5 heteroatoms. The highest BCUT2D eigenvalue weighted by atomic mass is 16.2. The van der Waals surface area contributed by atoms with Crippen LogP contribution in [-0.4, -0.2) is 30.4 Å². The predicted molar refractivity (Wildman–Crippen MR) is 53.9 cm³/mol. The quantitative estimate of drug-likeness (QED) is 0.357. The molecule has 0 saturated carbocycles. The average Bonchev–Trinajstić information content (AvgIpc) is 2.17. The second kappa shape index (κ2) is 7.30. The minimum atomic E-state index is -0.147. The second-order valence-electron chi connectivity index (χ2n) is 3.36. The normalized spacial score (nSPS) is 12.2. The van der Waals surface area contributed by atoms with Gasteiger partial charge in [-0.15, -0.1) is 0 Å². The lowest BCUT2D eigenvalue weighted by atomic mass is 10.2. The van der Waals surface area contributed by atoms with Crippen molar-refractivity contribution in [3.05, 3.63) is 0 Å². The number of hydrazine groups is 1. The molecule has 1 atom stereocenters. The molecule has 0 aromatic heterocycles. The summed E-state index contributed by atoms with van der Waals surface area (Å²) in [5.41, 5.74) is 2.08. The number of nitrogens with zero attached hydrogens (tertiary/aromatic N) is 2. The molecule has 3 N–H and O–H groups in total. The SMILES string of the molecule is CC(CC#N)N(C)CCCC(=O)NN. The average molecular weight is 198 g/mol. The first-order chi connectivity index (χ1) is 6.61. The summed E-state index contributed by atoms with van der Waals surface area (Å²) in [5.74, 6) is 4.79. The molecule has 0 radical (unpaired) electrons. The fraction of sp³-hybridized carbons (Fsp3) is 0.778. The van der Waals surface area contributed by atoms with Gasteiger partial charge in [-0.05, 0) is 26.9 Å². The van der Waals surface area contributed by atoms with Crippen molar-refractivity contribution in [1.82, 2.24) is 10.3 Å². The van der Waals surface area contributed by atoms with Crippen molar-refractivity contribution in [2.24, 2.45) is 5.84 Å². The van der Waals surface area contributed by atoms with E-state index in [1.165, 1.54) is 0 Å². The molecule has 14 heavy (non-hydrogen) atoms. The molecule has 0 saturated heterocycles. The molecule has 5 nitrogen and oxygen atoms in total. The molecule has 0 aromatic rings. The van der Waals surface area contributed by atoms with E-state index in [0.29, 0.717) is 12.8 Å². The number of rotatable bonds is 6. The van der Waals surface area contributed by atoms with Gasteiger partial charge in [0.2, 0.25) is 5.91 Å². The number of nitrogens with one attached hydrogen (secondary N) is 1. The number of hydrogen-bond donors (Lipinski definition) is 2. The van der Waals surface area contributed by atoms with Gasteiger partial charge in [-0.1, -0.05) is 0 Å². The summed E-state index contributed by atoms with van der Waals surface area (Å²) >= 11 is 0. The monoisotopic (exact) mass is 198 g/mol. The van der Waals surface area contributed by atoms with Crippen molar-refractivity contribution in [3.63, 3.8) is 0 Å². The molecule has 0 spiro atoms. The molecule has 1 unspecified atom stereocenters. The van der Waals surface area contributed by atoms with E-state index in [0.717, 1.165) is 13.0 Å². The van der Waals surface area contributed by atoms with Crippen LogP contribution in [0.1, 0.15) is 26.2 Å². The lowest BCUT2D eigenvalue weighted by Gasteiger charge is -2.21. The van der Waals surface area contributed by atoms with Gasteiger partial charge in [-0.3, -0.25) is 10.2 Å². The Morgan fingerprint density at radius 3 is 2.86 bits per heavy atom. The molecule has 0 rings (SSSR count). The van der Waals surface area contributed by atoms with Crippen LogP contribution in [0.3, 0.4) is 0 Å². The largest absolute Gasteiger partial charge is 0.303 e. The van der Waals surface area contributed by atoms with Crippen LogP contribution in [0.15, 0.2) is 0 Å². The standard InChI is InChI=1S/C9H18N4O/c1-8(5-6-10)13(2)7-3-4-9(14)12-11/h8H,3-5,7,11H2,1-2H3,(H,12,14). The van der Waals surface area contributed by atoms with Crippen LogP contribution in [0.25, 0.3) is 0 Å². The molecule has 0 aliphatic carbocycles. The van der Waals surface area contributed by atoms with Gasteiger partial charge in [0.1, 0.15) is 0 Å². The third-order valence-corrected chi connectivity index (χ3v) is 2.21. The Bertz CT molecular complexity index is 211. The Hall–Kier alpha value is -1.12. The molecule has 0 fully saturated rings. The molecule has 0 aliphatic rings. The highest BCUT2D eigenvalue weighted by Gasteiger charge is 2.08. The summed E-state index contributed by atoms with van der Waals surface area (Å²) in [6.45, 7) is 2.79. The van der Waals surface area contributed by atoms with Crippen molar-refractivity contribution in [2.75, 3.05) is 13.6 Å². The van der Waals surface area contributed by atoms with Gasteiger partial charge < -0.3 is 4.90 Å². The number of carbonyl (C=O) groups is 1. The summed E-state index contributed by atoms with van der Waals surface area (Å²) in [5, 5.41) is 8.48. The third kappa shape index (κ3) is 5.51. The summed E-state index contributed by atoms with van der Waals surface area (Å²) in [4.78, 5) is 12.8. The van der Waals surface area contributed by atoms with E-state index in [1.807, 2.05) is 14.0 Å². The van der Waals surface area contributed by atoms with E-state index in [4.69, 9.17) is 11.1 Å². The van der Waals surface area contributed by atoms with E-state index < -0.39 is 0 Å². The van der Waals surface area contributed by atoms with E-state index in [9.17, 15) is 4.79 Å². The second-order valence-corrected chi connectivity index (χ2v) is 3.36. The topological polar surface area (TPSA) is 82.2 Å². The van der Waals surface area contributed by atoms with Crippen molar-refractivity contribution >= 4 is 5.91 Å². The lowest BCUT2D eigenvalue weighted by molar-refractivity contribution is -0.121. The maximum absolute atomic E-state index is 10.8. The molecule has 1 amide bonds. The van der Waals surface area contributed by atoms with Crippen molar-refractivity contribution in [3.8, 4) is 6.07 Å². The minimum absolute atomic E-state index is 0.147. The van der Waals surface area contributed by atoms with Crippen molar-refractivity contribution < 1.29 is 4.79 Å². The fourth-order valence-corrected chi connectivity index (χ4v) is 1.07. The molecular weight excluding hydrogens is 180 g/mol. The zero-order chi connectivity index (χ0) is 11.0. The fourth-order valence-electron chi connectivity index (χ4n) is 1.07. The van der Waals surface area contributed by atoms with Gasteiger partial charge in [0, 0.05) is 12.5 Å². The van der Waals surface area contributed by atoms with E-state index in [-0.39, 0.29) is 11.9 Å². The van der Waals surface area contributed by atoms with Gasteiger partial charge in [0.05, 0.1) is 12.5 Å². The zero-order valence-corrected chi connectivity index (χ0v) is 8.79.